The Morgan fingerprint density at radius 2 is 1.77 bits per heavy atom. The number of rotatable bonds is 9. The van der Waals surface area contributed by atoms with Crippen molar-refractivity contribution in [3.05, 3.63) is 30.1 Å². The maximum Gasteiger partial charge on any atom is 0.456 e. The summed E-state index contributed by atoms with van der Waals surface area (Å²) in [6, 6.07) is 3.75. The summed E-state index contributed by atoms with van der Waals surface area (Å²) in [5.74, 6) is -5.79. The summed E-state index contributed by atoms with van der Waals surface area (Å²) in [4.78, 5) is 18.8. The average Bonchev–Trinajstić information content (AvgIpc) is 3.22. The predicted octanol–water partition coefficient (Wildman–Crippen LogP) is 3.37. The van der Waals surface area contributed by atoms with Crippen LogP contribution in [0.3, 0.4) is 0 Å². The second kappa shape index (κ2) is 10.2. The first-order chi connectivity index (χ1) is 16.4. The molecule has 1 atom stereocenters. The van der Waals surface area contributed by atoms with E-state index in [0.29, 0.717) is 13.1 Å². The van der Waals surface area contributed by atoms with Crippen LogP contribution in [0.1, 0.15) is 31.3 Å². The average molecular weight is 520 g/mol. The molecule has 1 unspecified atom stereocenters. The molecule has 190 valence electrons. The highest BCUT2D eigenvalue weighted by atomic mass is 32.2. The molecule has 0 aliphatic heterocycles. The van der Waals surface area contributed by atoms with Gasteiger partial charge in [0.25, 0.3) is 5.91 Å². The van der Waals surface area contributed by atoms with Gasteiger partial charge < -0.3 is 9.64 Å². The van der Waals surface area contributed by atoms with Crippen molar-refractivity contribution in [2.24, 2.45) is 0 Å². The van der Waals surface area contributed by atoms with Crippen molar-refractivity contribution < 1.29 is 35.7 Å². The summed E-state index contributed by atoms with van der Waals surface area (Å²) in [6.45, 7) is 4.21. The zero-order valence-corrected chi connectivity index (χ0v) is 19.7. The highest BCUT2D eigenvalue weighted by Crippen LogP contribution is 2.36. The third-order valence-electron chi connectivity index (χ3n) is 4.95. The molecule has 0 aliphatic rings. The molecule has 1 amide bonds. The van der Waals surface area contributed by atoms with Crippen molar-refractivity contribution in [2.45, 2.75) is 37.9 Å². The van der Waals surface area contributed by atoms with E-state index in [1.54, 1.807) is 11.8 Å². The second-order valence-corrected chi connectivity index (χ2v) is 8.76. The Morgan fingerprint density at radius 3 is 2.31 bits per heavy atom. The number of fused-ring (bicyclic) bond motifs is 1. The van der Waals surface area contributed by atoms with Gasteiger partial charge in [-0.15, -0.1) is 10.2 Å². The lowest BCUT2D eigenvalue weighted by Crippen LogP contribution is -2.41. The highest BCUT2D eigenvalue weighted by Gasteiger charge is 2.58. The first-order valence-corrected chi connectivity index (χ1v) is 11.7. The van der Waals surface area contributed by atoms with Crippen LogP contribution in [-0.4, -0.2) is 77.4 Å². The predicted molar refractivity (Wildman–Crippen MR) is 115 cm³/mol. The molecule has 3 rings (SSSR count). The van der Waals surface area contributed by atoms with Gasteiger partial charge in [-0.2, -0.15) is 27.1 Å². The van der Waals surface area contributed by atoms with Crippen LogP contribution in [0.15, 0.2) is 29.4 Å². The largest absolute Gasteiger partial charge is 0.470 e. The number of carbonyl (C=O) groups is 1. The van der Waals surface area contributed by atoms with Gasteiger partial charge in [-0.3, -0.25) is 9.00 Å². The van der Waals surface area contributed by atoms with Crippen LogP contribution >= 0.6 is 0 Å². The third kappa shape index (κ3) is 5.23. The number of alkyl halides is 5. The van der Waals surface area contributed by atoms with E-state index >= 15 is 0 Å². The molecule has 9 nitrogen and oxygen atoms in total. The van der Waals surface area contributed by atoms with Crippen molar-refractivity contribution in [3.63, 3.8) is 0 Å². The molecular weight excluding hydrogens is 499 g/mol. The van der Waals surface area contributed by atoms with E-state index in [4.69, 9.17) is 0 Å². The van der Waals surface area contributed by atoms with Gasteiger partial charge in [0, 0.05) is 31.1 Å². The maximum absolute atomic E-state index is 13.1. The summed E-state index contributed by atoms with van der Waals surface area (Å²) in [7, 11) is -1.62. The Kier molecular flexibility index (Phi) is 7.67. The van der Waals surface area contributed by atoms with Crippen LogP contribution in [0, 0.1) is 0 Å². The molecule has 0 aliphatic carbocycles. The van der Waals surface area contributed by atoms with Crippen molar-refractivity contribution >= 4 is 22.4 Å². The Hall–Kier alpha value is -3.23. The van der Waals surface area contributed by atoms with Gasteiger partial charge in [-0.25, -0.2) is 9.50 Å². The first kappa shape index (κ1) is 26.4. The first-order valence-electron chi connectivity index (χ1n) is 10.4. The Labute approximate surface area is 198 Å². The van der Waals surface area contributed by atoms with Gasteiger partial charge in [0.2, 0.25) is 5.88 Å². The minimum absolute atomic E-state index is 0.0615. The molecule has 0 fully saturated rings. The van der Waals surface area contributed by atoms with Crippen LogP contribution in [-0.2, 0) is 10.8 Å². The van der Waals surface area contributed by atoms with Gasteiger partial charge in [0.05, 0.1) is 22.1 Å². The lowest BCUT2D eigenvalue weighted by atomic mass is 10.2. The zero-order chi connectivity index (χ0) is 26.0. The Bertz CT molecular complexity index is 1230. The quantitative estimate of drug-likeness (QED) is 0.399. The Morgan fingerprint density at radius 1 is 1.09 bits per heavy atom. The molecule has 0 aromatic carbocycles. The van der Waals surface area contributed by atoms with E-state index < -0.39 is 35.4 Å². The Balaban J connectivity index is 2.04. The van der Waals surface area contributed by atoms with E-state index in [-0.39, 0.29) is 39.3 Å². The standard InChI is InChI=1S/C20H21F5N6O3S/c1-4-30(5-2)18(32)13-9-10-26-16-15(17(29-31(13)16)35(33)6-3)12-7-8-14(28-27-12)34-11-19(21,22)20(23,24)25/h7-10H,4-6,11H2,1-3H3. The molecule has 3 aromatic rings. The van der Waals surface area contributed by atoms with E-state index in [2.05, 4.69) is 25.0 Å². The second-order valence-electron chi connectivity index (χ2n) is 7.10. The van der Waals surface area contributed by atoms with Crippen LogP contribution in [0.25, 0.3) is 16.9 Å². The van der Waals surface area contributed by atoms with Crippen LogP contribution < -0.4 is 4.74 Å². The van der Waals surface area contributed by atoms with Gasteiger partial charge in [-0.1, -0.05) is 6.92 Å². The number of hydrogen-bond acceptors (Lipinski definition) is 7. The van der Waals surface area contributed by atoms with E-state index in [9.17, 15) is 31.0 Å². The fourth-order valence-corrected chi connectivity index (χ4v) is 3.93. The molecule has 3 aromatic heterocycles. The maximum atomic E-state index is 13.1. The van der Waals surface area contributed by atoms with Gasteiger partial charge in [0.1, 0.15) is 5.69 Å². The lowest BCUT2D eigenvalue weighted by molar-refractivity contribution is -0.290. The number of halogens is 5. The molecule has 35 heavy (non-hydrogen) atoms. The van der Waals surface area contributed by atoms with Crippen molar-refractivity contribution in [2.75, 3.05) is 25.4 Å². The topological polar surface area (TPSA) is 103 Å². The van der Waals surface area contributed by atoms with Crippen molar-refractivity contribution in [1.82, 2.24) is 29.7 Å². The molecule has 0 radical (unpaired) electrons. The summed E-state index contributed by atoms with van der Waals surface area (Å²) >= 11 is 0. The van der Waals surface area contributed by atoms with Crippen LogP contribution in [0.5, 0.6) is 5.88 Å². The number of carbonyl (C=O) groups excluding carboxylic acids is 1. The number of ether oxygens (including phenoxy) is 1. The molecule has 0 saturated carbocycles. The van der Waals surface area contributed by atoms with E-state index in [1.165, 1.54) is 22.8 Å². The van der Waals surface area contributed by atoms with Gasteiger partial charge in [-0.05, 0) is 26.0 Å². The molecule has 15 heteroatoms. The normalized spacial score (nSPS) is 13.1. The van der Waals surface area contributed by atoms with E-state index in [0.717, 1.165) is 6.07 Å². The molecule has 0 N–H and O–H groups in total. The summed E-state index contributed by atoms with van der Waals surface area (Å²) in [5, 5.41) is 11.8. The van der Waals surface area contributed by atoms with Crippen molar-refractivity contribution in [1.29, 1.82) is 0 Å². The monoisotopic (exact) mass is 520 g/mol. The summed E-state index contributed by atoms with van der Waals surface area (Å²) < 4.78 is 81.7. The fraction of sp³-hybridized carbons (Fsp3) is 0.450. The van der Waals surface area contributed by atoms with Crippen LogP contribution in [0.2, 0.25) is 0 Å². The fourth-order valence-electron chi connectivity index (χ4n) is 3.06. The van der Waals surface area contributed by atoms with Crippen molar-refractivity contribution in [3.8, 4) is 17.1 Å². The van der Waals surface area contributed by atoms with E-state index in [1.807, 2.05) is 13.8 Å². The van der Waals surface area contributed by atoms with Crippen LogP contribution in [0.4, 0.5) is 22.0 Å². The third-order valence-corrected chi connectivity index (χ3v) is 6.19. The van der Waals surface area contributed by atoms with Gasteiger partial charge in [0.15, 0.2) is 17.3 Å². The molecule has 0 spiro atoms. The number of amides is 1. The smallest absolute Gasteiger partial charge is 0.456 e. The number of hydrogen-bond donors (Lipinski definition) is 0. The zero-order valence-electron chi connectivity index (χ0n) is 18.8. The molecular formula is C20H21F5N6O3S. The SMILES string of the molecule is CCN(CC)C(=O)c1ccnc2c(-c3ccc(OCC(F)(F)C(F)(F)F)nn3)c(S(=O)CC)nn12. The molecule has 3 heterocycles. The summed E-state index contributed by atoms with van der Waals surface area (Å²) in [6.07, 6.45) is -4.40. The number of nitrogens with zero attached hydrogens (tertiary/aromatic N) is 6. The lowest BCUT2D eigenvalue weighted by Gasteiger charge is -2.19. The number of aromatic nitrogens is 5. The molecule has 0 bridgehead atoms. The van der Waals surface area contributed by atoms with Gasteiger partial charge >= 0.3 is 12.1 Å². The minimum atomic E-state index is -5.78. The molecule has 0 saturated heterocycles. The minimum Gasteiger partial charge on any atom is -0.470 e. The highest BCUT2D eigenvalue weighted by molar-refractivity contribution is 7.85. The summed E-state index contributed by atoms with van der Waals surface area (Å²) in [5.41, 5.74) is 0.554.